The van der Waals surface area contributed by atoms with Gasteiger partial charge in [-0.25, -0.2) is 0 Å². The van der Waals surface area contributed by atoms with E-state index in [0.717, 1.165) is 6.92 Å². The molecule has 0 bridgehead atoms. The third-order valence-corrected chi connectivity index (χ3v) is 1.46. The van der Waals surface area contributed by atoms with E-state index in [1.165, 1.54) is 0 Å². The lowest BCUT2D eigenvalue weighted by Gasteiger charge is -2.03. The van der Waals surface area contributed by atoms with Crippen molar-refractivity contribution < 1.29 is 33.8 Å². The largest absolute Gasteiger partial charge is 0.692 e. The van der Waals surface area contributed by atoms with Crippen LogP contribution in [-0.2, 0) is 9.13 Å². The van der Waals surface area contributed by atoms with Gasteiger partial charge in [0.2, 0.25) is 0 Å². The van der Waals surface area contributed by atoms with Gasteiger partial charge in [0.1, 0.15) is 0 Å². The number of hydrogen-bond donors (Lipinski definition) is 5. The van der Waals surface area contributed by atoms with Gasteiger partial charge in [0.05, 0.1) is 0 Å². The SMILES string of the molecule is CC(O)P(=O)(O)O.O=[P+](O)O. The Balaban J connectivity index is 0. The van der Waals surface area contributed by atoms with Gasteiger partial charge >= 0.3 is 15.9 Å². The molecule has 1 unspecified atom stereocenters. The zero-order valence-electron chi connectivity index (χ0n) is 5.52. The highest BCUT2D eigenvalue weighted by Gasteiger charge is 2.19. The summed E-state index contributed by atoms with van der Waals surface area (Å²) in [4.78, 5) is 30.2. The minimum Gasteiger partial charge on any atom is -0.381 e. The lowest BCUT2D eigenvalue weighted by atomic mass is 10.9. The molecule has 0 aromatic rings. The van der Waals surface area contributed by atoms with Crippen molar-refractivity contribution >= 4 is 15.9 Å². The van der Waals surface area contributed by atoms with E-state index in [1.54, 1.807) is 0 Å². The number of rotatable bonds is 1. The topological polar surface area (TPSA) is 135 Å². The lowest BCUT2D eigenvalue weighted by Crippen LogP contribution is -1.98. The van der Waals surface area contributed by atoms with Crippen molar-refractivity contribution in [2.75, 3.05) is 0 Å². The summed E-state index contributed by atoms with van der Waals surface area (Å²) in [6, 6.07) is 0. The van der Waals surface area contributed by atoms with Crippen LogP contribution in [0.2, 0.25) is 0 Å². The Labute approximate surface area is 63.4 Å². The van der Waals surface area contributed by atoms with Gasteiger partial charge in [-0.05, 0) is 6.92 Å². The summed E-state index contributed by atoms with van der Waals surface area (Å²) in [5.41, 5.74) is 0. The Bertz CT molecular complexity index is 154. The van der Waals surface area contributed by atoms with E-state index < -0.39 is 21.7 Å². The maximum Gasteiger partial charge on any atom is 0.692 e. The third-order valence-electron chi connectivity index (χ3n) is 0.487. The molecular weight excluding hydrogens is 198 g/mol. The molecule has 0 aliphatic carbocycles. The molecule has 0 aromatic carbocycles. The molecule has 0 radical (unpaired) electrons. The molecule has 0 aliphatic heterocycles. The molecule has 7 nitrogen and oxygen atoms in total. The maximum atomic E-state index is 9.78. The molecular formula is C2H9O7P2+. The highest BCUT2D eigenvalue weighted by molar-refractivity contribution is 7.52. The fourth-order valence-electron chi connectivity index (χ4n) is 0. The van der Waals surface area contributed by atoms with Crippen molar-refractivity contribution in [1.29, 1.82) is 0 Å². The summed E-state index contributed by atoms with van der Waals surface area (Å²) < 4.78 is 18.5. The van der Waals surface area contributed by atoms with E-state index in [1.807, 2.05) is 0 Å². The summed E-state index contributed by atoms with van der Waals surface area (Å²) in [6.07, 6.45) is 0. The van der Waals surface area contributed by atoms with Crippen LogP contribution in [-0.4, -0.2) is 30.5 Å². The van der Waals surface area contributed by atoms with E-state index in [-0.39, 0.29) is 0 Å². The van der Waals surface area contributed by atoms with Gasteiger partial charge in [-0.15, -0.1) is 9.79 Å². The molecule has 0 spiro atoms. The quantitative estimate of drug-likeness (QED) is 0.352. The fourth-order valence-corrected chi connectivity index (χ4v) is 0. The molecule has 0 heterocycles. The van der Waals surface area contributed by atoms with Gasteiger partial charge in [-0.1, -0.05) is 0 Å². The minimum atomic E-state index is -4.18. The standard InChI is InChI=1S/C2H7O4P.HO3P/c1-2(3)7(4,5)6;1-4(2)3/h2-3H,1H3,(H2,4,5,6);(H-,1,2,3)/p+1. The average Bonchev–Trinajstić information content (AvgIpc) is 1.59. The zero-order chi connectivity index (χ0) is 9.65. The van der Waals surface area contributed by atoms with Crippen LogP contribution in [0.4, 0.5) is 0 Å². The van der Waals surface area contributed by atoms with Crippen LogP contribution >= 0.6 is 15.9 Å². The number of aliphatic hydroxyl groups is 1. The van der Waals surface area contributed by atoms with Gasteiger partial charge in [-0.3, -0.25) is 4.57 Å². The molecule has 9 heteroatoms. The molecule has 0 aliphatic rings. The Morgan fingerprint density at radius 1 is 1.36 bits per heavy atom. The number of aliphatic hydroxyl groups excluding tert-OH is 1. The van der Waals surface area contributed by atoms with Gasteiger partial charge in [0, 0.05) is 4.57 Å². The first-order chi connectivity index (χ1) is 4.68. The second-order valence-electron chi connectivity index (χ2n) is 1.47. The maximum absolute atomic E-state index is 9.78. The lowest BCUT2D eigenvalue weighted by molar-refractivity contribution is 0.218. The summed E-state index contributed by atoms with van der Waals surface area (Å²) in [6.45, 7) is 1.04. The van der Waals surface area contributed by atoms with Crippen LogP contribution in [0, 0.1) is 0 Å². The molecule has 0 saturated carbocycles. The molecule has 0 rings (SSSR count). The summed E-state index contributed by atoms with van der Waals surface area (Å²) in [5, 5.41) is 8.13. The van der Waals surface area contributed by atoms with Crippen LogP contribution < -0.4 is 0 Å². The van der Waals surface area contributed by atoms with Crippen molar-refractivity contribution in [2.45, 2.75) is 12.8 Å². The van der Waals surface area contributed by atoms with Crippen LogP contribution in [0.5, 0.6) is 0 Å². The van der Waals surface area contributed by atoms with Crippen LogP contribution in [0.25, 0.3) is 0 Å². The smallest absolute Gasteiger partial charge is 0.381 e. The van der Waals surface area contributed by atoms with E-state index in [2.05, 4.69) is 0 Å². The molecule has 0 amide bonds. The second kappa shape index (κ2) is 5.74. The Hall–Kier alpha value is 0.130. The van der Waals surface area contributed by atoms with Crippen molar-refractivity contribution in [3.63, 3.8) is 0 Å². The molecule has 1 atom stereocenters. The average molecular weight is 207 g/mol. The summed E-state index contributed by atoms with van der Waals surface area (Å²) in [5.74, 6) is -1.53. The van der Waals surface area contributed by atoms with Gasteiger partial charge < -0.3 is 14.9 Å². The second-order valence-corrected chi connectivity index (χ2v) is 3.90. The monoisotopic (exact) mass is 207 g/mol. The third kappa shape index (κ3) is 17.8. The Morgan fingerprint density at radius 3 is 1.45 bits per heavy atom. The Morgan fingerprint density at radius 2 is 1.45 bits per heavy atom. The van der Waals surface area contributed by atoms with E-state index in [4.69, 9.17) is 29.2 Å². The van der Waals surface area contributed by atoms with Crippen molar-refractivity contribution in [2.24, 2.45) is 0 Å². The first-order valence-electron chi connectivity index (χ1n) is 2.26. The first kappa shape index (κ1) is 13.7. The van der Waals surface area contributed by atoms with Crippen molar-refractivity contribution in [3.8, 4) is 0 Å². The summed E-state index contributed by atoms with van der Waals surface area (Å²) >= 11 is 0. The van der Waals surface area contributed by atoms with Gasteiger partial charge in [-0.2, -0.15) is 0 Å². The van der Waals surface area contributed by atoms with E-state index in [0.29, 0.717) is 0 Å². The number of hydrogen-bond acceptors (Lipinski definition) is 3. The Kier molecular flexibility index (Phi) is 7.15. The van der Waals surface area contributed by atoms with Gasteiger partial charge in [0.25, 0.3) is 0 Å². The highest BCUT2D eigenvalue weighted by Crippen LogP contribution is 2.38. The van der Waals surface area contributed by atoms with Crippen LogP contribution in [0.15, 0.2) is 0 Å². The molecule has 5 N–H and O–H groups in total. The molecule has 0 fully saturated rings. The van der Waals surface area contributed by atoms with Crippen LogP contribution in [0.3, 0.4) is 0 Å². The molecule has 68 valence electrons. The highest BCUT2D eigenvalue weighted by atomic mass is 31.2. The predicted molar refractivity (Wildman–Crippen MR) is 35.8 cm³/mol. The van der Waals surface area contributed by atoms with Crippen molar-refractivity contribution in [1.82, 2.24) is 0 Å². The normalized spacial score (nSPS) is 12.9. The van der Waals surface area contributed by atoms with Crippen LogP contribution in [0.1, 0.15) is 6.92 Å². The van der Waals surface area contributed by atoms with E-state index in [9.17, 15) is 4.57 Å². The van der Waals surface area contributed by atoms with E-state index >= 15 is 0 Å². The molecule has 0 saturated heterocycles. The fraction of sp³-hybridized carbons (Fsp3) is 1.00. The first-order valence-corrected chi connectivity index (χ1v) is 5.11. The molecule has 0 aromatic heterocycles. The molecule has 11 heavy (non-hydrogen) atoms. The van der Waals surface area contributed by atoms with Gasteiger partial charge in [0.15, 0.2) is 5.85 Å². The predicted octanol–water partition coefficient (Wildman–Crippen LogP) is -0.869. The zero-order valence-corrected chi connectivity index (χ0v) is 7.31. The van der Waals surface area contributed by atoms with Crippen molar-refractivity contribution in [3.05, 3.63) is 0 Å². The summed E-state index contributed by atoms with van der Waals surface area (Å²) in [7, 11) is -7.05. The minimum absolute atomic E-state index is 1.04.